The summed E-state index contributed by atoms with van der Waals surface area (Å²) in [6.45, 7) is 0. The highest BCUT2D eigenvalue weighted by atomic mass is 79.9. The first-order valence-electron chi connectivity index (χ1n) is 4.43. The van der Waals surface area contributed by atoms with E-state index >= 15 is 0 Å². The minimum Gasteiger partial charge on any atom is -0.501 e. The average Bonchev–Trinajstić information content (AvgIpc) is 2.29. The minimum atomic E-state index is -5.23. The van der Waals surface area contributed by atoms with Crippen LogP contribution in [0, 0.1) is 5.39 Å². The number of diazo groups is 1. The Morgan fingerprint density at radius 1 is 1.28 bits per heavy atom. The molecule has 0 radical (unpaired) electrons. The van der Waals surface area contributed by atoms with Gasteiger partial charge < -0.3 is 5.11 Å². The Bertz CT molecular complexity index is 544. The second-order valence-corrected chi connectivity index (χ2v) is 4.05. The van der Waals surface area contributed by atoms with Crippen LogP contribution >= 0.6 is 15.9 Å². The quantitative estimate of drug-likeness (QED) is 0.513. The number of alkyl halides is 3. The second kappa shape index (κ2) is 5.18. The average molecular weight is 322 g/mol. The third-order valence-electron chi connectivity index (χ3n) is 1.91. The zero-order valence-electron chi connectivity index (χ0n) is 8.57. The minimum absolute atomic E-state index is 0.0800. The van der Waals surface area contributed by atoms with Gasteiger partial charge >= 0.3 is 17.7 Å². The summed E-state index contributed by atoms with van der Waals surface area (Å²) in [6, 6.07) is 5.40. The Balaban J connectivity index is 3.29. The number of allylic oxidation sites excluding steroid dienone is 1. The van der Waals surface area contributed by atoms with Crippen LogP contribution in [0.15, 0.2) is 34.4 Å². The van der Waals surface area contributed by atoms with Gasteiger partial charge in [0.05, 0.1) is 0 Å². The number of hydrogen-bond acceptors (Lipinski definition) is 3. The molecular weight excluding hydrogens is 317 g/mol. The summed E-state index contributed by atoms with van der Waals surface area (Å²) in [5, 5.41) is 17.9. The monoisotopic (exact) mass is 321 g/mol. The molecule has 0 spiro atoms. The SMILES string of the molecule is N#[N+]/C(C(=O)C(F)(F)F)=C(/O)c1ccc(Br)cc1. The molecule has 1 N–H and O–H groups in total. The first-order valence-corrected chi connectivity index (χ1v) is 5.22. The third-order valence-corrected chi connectivity index (χ3v) is 2.44. The van der Waals surface area contributed by atoms with Crippen LogP contribution in [-0.2, 0) is 4.79 Å². The Hall–Kier alpha value is -1.88. The predicted octanol–water partition coefficient (Wildman–Crippen LogP) is 3.66. The summed E-state index contributed by atoms with van der Waals surface area (Å²) in [4.78, 5) is 13.1. The summed E-state index contributed by atoms with van der Waals surface area (Å²) >= 11 is 3.09. The lowest BCUT2D eigenvalue weighted by atomic mass is 10.1. The molecule has 0 aromatic heterocycles. The molecule has 0 fully saturated rings. The van der Waals surface area contributed by atoms with Gasteiger partial charge in [0.15, 0.2) is 4.98 Å². The predicted molar refractivity (Wildman–Crippen MR) is 59.8 cm³/mol. The molecule has 0 aliphatic rings. The Morgan fingerprint density at radius 2 is 1.78 bits per heavy atom. The molecule has 8 heteroatoms. The van der Waals surface area contributed by atoms with Crippen LogP contribution in [0.1, 0.15) is 5.56 Å². The maximum Gasteiger partial charge on any atom is 0.478 e. The molecule has 1 aromatic rings. The van der Waals surface area contributed by atoms with Gasteiger partial charge in [-0.3, -0.25) is 4.79 Å². The largest absolute Gasteiger partial charge is 0.501 e. The zero-order chi connectivity index (χ0) is 13.9. The maximum atomic E-state index is 12.2. The van der Waals surface area contributed by atoms with Crippen molar-refractivity contribution in [1.82, 2.24) is 0 Å². The van der Waals surface area contributed by atoms with Crippen LogP contribution in [0.4, 0.5) is 13.2 Å². The molecule has 0 amide bonds. The van der Waals surface area contributed by atoms with Gasteiger partial charge in [0.2, 0.25) is 11.2 Å². The molecule has 0 unspecified atom stereocenters. The molecule has 0 bridgehead atoms. The molecule has 0 heterocycles. The number of nitrogens with zero attached hydrogens (tertiary/aromatic N) is 2. The molecule has 0 atom stereocenters. The van der Waals surface area contributed by atoms with Crippen LogP contribution in [-0.4, -0.2) is 17.1 Å². The lowest BCUT2D eigenvalue weighted by molar-refractivity contribution is -0.166. The van der Waals surface area contributed by atoms with Crippen LogP contribution in [0.2, 0.25) is 0 Å². The number of benzene rings is 1. The van der Waals surface area contributed by atoms with E-state index in [-0.39, 0.29) is 5.56 Å². The Labute approximate surface area is 107 Å². The Morgan fingerprint density at radius 3 is 2.17 bits per heavy atom. The van der Waals surface area contributed by atoms with E-state index in [2.05, 4.69) is 20.9 Å². The van der Waals surface area contributed by atoms with E-state index in [9.17, 15) is 23.1 Å². The van der Waals surface area contributed by atoms with Gasteiger partial charge in [-0.05, 0) is 24.3 Å². The van der Waals surface area contributed by atoms with E-state index in [1.807, 2.05) is 0 Å². The fourth-order valence-electron chi connectivity index (χ4n) is 1.08. The lowest BCUT2D eigenvalue weighted by Gasteiger charge is -2.00. The molecular formula is C10H5BrF3N2O2+. The topological polar surface area (TPSA) is 65.5 Å². The number of rotatable bonds is 2. The van der Waals surface area contributed by atoms with Gasteiger partial charge in [-0.25, -0.2) is 0 Å². The van der Waals surface area contributed by atoms with Crippen molar-refractivity contribution in [3.63, 3.8) is 0 Å². The summed E-state index contributed by atoms with van der Waals surface area (Å²) in [5.41, 5.74) is -1.53. The number of aliphatic hydroxyl groups is 1. The number of aliphatic hydroxyl groups excluding tert-OH is 1. The molecule has 0 saturated carbocycles. The van der Waals surface area contributed by atoms with Crippen LogP contribution < -0.4 is 0 Å². The number of carbonyl (C=O) groups excluding carboxylic acids is 1. The molecule has 1 rings (SSSR count). The summed E-state index contributed by atoms with van der Waals surface area (Å²) in [5.74, 6) is -3.47. The fraction of sp³-hybridized carbons (Fsp3) is 0.100. The van der Waals surface area contributed by atoms with Crippen molar-refractivity contribution >= 4 is 27.5 Å². The normalized spacial score (nSPS) is 12.6. The number of Topliss-reactive ketones (excluding diaryl/α,β-unsaturated/α-hetero) is 1. The van der Waals surface area contributed by atoms with Crippen LogP contribution in [0.5, 0.6) is 0 Å². The lowest BCUT2D eigenvalue weighted by Crippen LogP contribution is -2.24. The van der Waals surface area contributed by atoms with Crippen molar-refractivity contribution in [1.29, 1.82) is 5.39 Å². The highest BCUT2D eigenvalue weighted by Crippen LogP contribution is 2.26. The van der Waals surface area contributed by atoms with E-state index in [1.165, 1.54) is 24.3 Å². The molecule has 4 nitrogen and oxygen atoms in total. The van der Waals surface area contributed by atoms with E-state index in [4.69, 9.17) is 5.39 Å². The van der Waals surface area contributed by atoms with Crippen LogP contribution in [0.3, 0.4) is 0 Å². The first kappa shape index (κ1) is 14.2. The summed E-state index contributed by atoms with van der Waals surface area (Å²) in [6.07, 6.45) is -5.23. The fourth-order valence-corrected chi connectivity index (χ4v) is 1.34. The van der Waals surface area contributed by atoms with Gasteiger partial charge in [-0.1, -0.05) is 15.9 Å². The highest BCUT2D eigenvalue weighted by molar-refractivity contribution is 9.10. The molecule has 0 aliphatic heterocycles. The standard InChI is InChI=1S/C10H4BrF3N2O2/c11-6-3-1-5(2-4-6)8(17)7(16-15)9(18)10(12,13)14/h1-4H/p+1. The molecule has 1 aromatic carbocycles. The van der Waals surface area contributed by atoms with E-state index < -0.39 is 23.4 Å². The first-order chi connectivity index (χ1) is 8.27. The summed E-state index contributed by atoms with van der Waals surface area (Å²) in [7, 11) is 0. The van der Waals surface area contributed by atoms with Gasteiger partial charge in [0.1, 0.15) is 0 Å². The van der Waals surface area contributed by atoms with Crippen molar-refractivity contribution in [2.75, 3.05) is 0 Å². The van der Waals surface area contributed by atoms with Crippen molar-refractivity contribution in [2.24, 2.45) is 0 Å². The zero-order valence-corrected chi connectivity index (χ0v) is 10.2. The maximum absolute atomic E-state index is 12.2. The highest BCUT2D eigenvalue weighted by Gasteiger charge is 2.50. The molecule has 0 aliphatic carbocycles. The van der Waals surface area contributed by atoms with Gasteiger partial charge in [0, 0.05) is 10.0 Å². The smallest absolute Gasteiger partial charge is 0.478 e. The van der Waals surface area contributed by atoms with Gasteiger partial charge in [0.25, 0.3) is 0 Å². The van der Waals surface area contributed by atoms with Crippen molar-refractivity contribution in [3.8, 4) is 0 Å². The molecule has 0 saturated heterocycles. The third kappa shape index (κ3) is 3.07. The van der Waals surface area contributed by atoms with Crippen molar-refractivity contribution in [3.05, 3.63) is 45.0 Å². The van der Waals surface area contributed by atoms with Crippen molar-refractivity contribution < 1.29 is 23.1 Å². The van der Waals surface area contributed by atoms with Gasteiger partial charge in [-0.15, -0.1) is 0 Å². The van der Waals surface area contributed by atoms with Gasteiger partial charge in [-0.2, -0.15) is 13.2 Å². The Kier molecular flexibility index (Phi) is 4.08. The summed E-state index contributed by atoms with van der Waals surface area (Å²) < 4.78 is 37.1. The second-order valence-electron chi connectivity index (χ2n) is 3.13. The number of hydrogen-bond donors (Lipinski definition) is 1. The number of carbonyl (C=O) groups is 1. The number of halogens is 4. The van der Waals surface area contributed by atoms with E-state index in [0.717, 1.165) is 0 Å². The number of ketones is 1. The van der Waals surface area contributed by atoms with E-state index in [1.54, 1.807) is 0 Å². The molecule has 18 heavy (non-hydrogen) atoms. The van der Waals surface area contributed by atoms with E-state index in [0.29, 0.717) is 4.47 Å². The molecule has 94 valence electrons. The van der Waals surface area contributed by atoms with Crippen LogP contribution in [0.25, 0.3) is 10.7 Å². The van der Waals surface area contributed by atoms with Crippen molar-refractivity contribution in [2.45, 2.75) is 6.18 Å².